The molecule has 1 amide bonds. The van der Waals surface area contributed by atoms with Gasteiger partial charge in [0.05, 0.1) is 11.6 Å². The van der Waals surface area contributed by atoms with Crippen molar-refractivity contribution in [2.45, 2.75) is 26.8 Å². The number of amidine groups is 1. The van der Waals surface area contributed by atoms with Gasteiger partial charge in [-0.3, -0.25) is 14.7 Å². The van der Waals surface area contributed by atoms with Gasteiger partial charge < -0.3 is 5.11 Å². The summed E-state index contributed by atoms with van der Waals surface area (Å²) >= 11 is 8.81. The molecule has 0 aliphatic carbocycles. The molecule has 8 heteroatoms. The SMILES string of the molecule is CC.CN=C1SC[C@H](c2cnc(Cl)s2)N1C(=O)/C(=C(\C)O)c1ccccc1. The van der Waals surface area contributed by atoms with Gasteiger partial charge in [-0.05, 0) is 12.5 Å². The predicted octanol–water partition coefficient (Wildman–Crippen LogP) is 5.41. The van der Waals surface area contributed by atoms with Crippen molar-refractivity contribution in [1.82, 2.24) is 9.88 Å². The molecular formula is C19H22ClN3O2S2. The summed E-state index contributed by atoms with van der Waals surface area (Å²) in [6.45, 7) is 5.52. The molecule has 2 heterocycles. The number of thiazole rings is 1. The van der Waals surface area contributed by atoms with Gasteiger partial charge >= 0.3 is 0 Å². The van der Waals surface area contributed by atoms with Crippen LogP contribution in [-0.4, -0.2) is 38.9 Å². The number of aliphatic hydroxyl groups is 1. The van der Waals surface area contributed by atoms with E-state index in [1.807, 2.05) is 32.0 Å². The van der Waals surface area contributed by atoms with Crippen molar-refractivity contribution in [3.05, 3.63) is 57.2 Å². The smallest absolute Gasteiger partial charge is 0.264 e. The van der Waals surface area contributed by atoms with Gasteiger partial charge in [0.15, 0.2) is 9.63 Å². The standard InChI is InChI=1S/C17H16ClN3O2S2.C2H6/c1-10(22)14(11-6-4-3-5-7-11)15(23)21-12(9-24-17(21)19-2)13-8-20-16(18)25-13;1-2/h3-8,12,22H,9H2,1-2H3;1-2H3/b14-10+,19-17?;/t12-;/m1./s1. The zero-order valence-corrected chi connectivity index (χ0v) is 18.0. The van der Waals surface area contributed by atoms with Crippen LogP contribution in [0.2, 0.25) is 4.47 Å². The first-order valence-electron chi connectivity index (χ1n) is 8.52. The molecule has 1 aliphatic heterocycles. The van der Waals surface area contributed by atoms with Crippen LogP contribution in [0.3, 0.4) is 0 Å². The van der Waals surface area contributed by atoms with Gasteiger partial charge in [0.1, 0.15) is 5.76 Å². The third-order valence-electron chi connectivity index (χ3n) is 3.76. The summed E-state index contributed by atoms with van der Waals surface area (Å²) in [6, 6.07) is 8.93. The Morgan fingerprint density at radius 2 is 2.00 bits per heavy atom. The van der Waals surface area contributed by atoms with E-state index in [4.69, 9.17) is 11.6 Å². The van der Waals surface area contributed by atoms with Crippen LogP contribution in [-0.2, 0) is 4.79 Å². The number of amides is 1. The molecule has 144 valence electrons. The van der Waals surface area contributed by atoms with Crippen LogP contribution in [0, 0.1) is 0 Å². The van der Waals surface area contributed by atoms with Crippen molar-refractivity contribution in [3.8, 4) is 0 Å². The minimum Gasteiger partial charge on any atom is -0.512 e. The number of nitrogens with zero attached hydrogens (tertiary/aromatic N) is 3. The second kappa shape index (κ2) is 9.92. The Kier molecular flexibility index (Phi) is 7.89. The zero-order valence-electron chi connectivity index (χ0n) is 15.6. The second-order valence-electron chi connectivity index (χ2n) is 5.35. The number of aromatic nitrogens is 1. The van der Waals surface area contributed by atoms with Crippen LogP contribution in [0.4, 0.5) is 0 Å². The van der Waals surface area contributed by atoms with E-state index >= 15 is 0 Å². The summed E-state index contributed by atoms with van der Waals surface area (Å²) in [6.07, 6.45) is 1.69. The molecule has 27 heavy (non-hydrogen) atoms. The van der Waals surface area contributed by atoms with Crippen molar-refractivity contribution in [3.63, 3.8) is 0 Å². The molecule has 1 saturated heterocycles. The quantitative estimate of drug-likeness (QED) is 0.529. The van der Waals surface area contributed by atoms with Gasteiger partial charge in [-0.2, -0.15) is 0 Å². The third-order valence-corrected chi connectivity index (χ3v) is 6.10. The lowest BCUT2D eigenvalue weighted by Crippen LogP contribution is -2.35. The fourth-order valence-electron chi connectivity index (χ4n) is 2.67. The molecule has 0 saturated carbocycles. The molecule has 0 spiro atoms. The largest absolute Gasteiger partial charge is 0.512 e. The Balaban J connectivity index is 0.00000126. The molecule has 3 rings (SSSR count). The predicted molar refractivity (Wildman–Crippen MR) is 116 cm³/mol. The Labute approximate surface area is 172 Å². The van der Waals surface area contributed by atoms with Crippen LogP contribution in [0.25, 0.3) is 5.57 Å². The summed E-state index contributed by atoms with van der Waals surface area (Å²) in [5.74, 6) is 0.361. The Hall–Kier alpha value is -1.83. The average Bonchev–Trinajstić information content (AvgIpc) is 3.29. The highest BCUT2D eigenvalue weighted by Gasteiger charge is 2.39. The Bertz CT molecular complexity index is 846. The summed E-state index contributed by atoms with van der Waals surface area (Å²) < 4.78 is 0.437. The van der Waals surface area contributed by atoms with Crippen molar-refractivity contribution < 1.29 is 9.90 Å². The van der Waals surface area contributed by atoms with E-state index in [9.17, 15) is 9.90 Å². The number of carbonyl (C=O) groups is 1. The van der Waals surface area contributed by atoms with Crippen LogP contribution in [0.5, 0.6) is 0 Å². The number of thioether (sulfide) groups is 1. The van der Waals surface area contributed by atoms with Gasteiger partial charge in [-0.15, -0.1) is 11.3 Å². The number of aliphatic imine (C=N–C) groups is 1. The molecule has 1 aromatic carbocycles. The highest BCUT2D eigenvalue weighted by Crippen LogP contribution is 2.40. The highest BCUT2D eigenvalue weighted by molar-refractivity contribution is 8.14. The summed E-state index contributed by atoms with van der Waals surface area (Å²) in [5.41, 5.74) is 0.936. The number of hydrogen-bond acceptors (Lipinski definition) is 6. The van der Waals surface area contributed by atoms with E-state index in [0.717, 1.165) is 4.88 Å². The van der Waals surface area contributed by atoms with Gasteiger partial charge in [0.25, 0.3) is 5.91 Å². The monoisotopic (exact) mass is 423 g/mol. The number of hydrogen-bond donors (Lipinski definition) is 1. The number of rotatable bonds is 3. The van der Waals surface area contributed by atoms with Crippen molar-refractivity contribution in [2.24, 2.45) is 4.99 Å². The number of allylic oxidation sites excluding steroid dienone is 1. The van der Waals surface area contributed by atoms with Crippen LogP contribution >= 0.6 is 34.7 Å². The fraction of sp³-hybridized carbons (Fsp3) is 0.316. The molecule has 5 nitrogen and oxygen atoms in total. The van der Waals surface area contributed by atoms with E-state index in [2.05, 4.69) is 9.98 Å². The van der Waals surface area contributed by atoms with Crippen molar-refractivity contribution >= 4 is 51.3 Å². The van der Waals surface area contributed by atoms with E-state index in [0.29, 0.717) is 21.0 Å². The molecule has 0 bridgehead atoms. The molecule has 0 unspecified atom stereocenters. The van der Waals surface area contributed by atoms with Crippen LogP contribution < -0.4 is 0 Å². The lowest BCUT2D eigenvalue weighted by Gasteiger charge is -2.24. The zero-order chi connectivity index (χ0) is 20.0. The van der Waals surface area contributed by atoms with Gasteiger partial charge in [0, 0.05) is 23.9 Å². The molecular weight excluding hydrogens is 402 g/mol. The molecule has 1 aromatic heterocycles. The molecule has 0 radical (unpaired) electrons. The Morgan fingerprint density at radius 3 is 2.52 bits per heavy atom. The van der Waals surface area contributed by atoms with Gasteiger partial charge in [-0.1, -0.05) is 67.5 Å². The molecule has 1 aliphatic rings. The van der Waals surface area contributed by atoms with Crippen molar-refractivity contribution in [2.75, 3.05) is 12.8 Å². The summed E-state index contributed by atoms with van der Waals surface area (Å²) in [4.78, 5) is 24.1. The second-order valence-corrected chi connectivity index (χ2v) is 7.98. The summed E-state index contributed by atoms with van der Waals surface area (Å²) in [5, 5.41) is 10.8. The minimum atomic E-state index is -0.286. The summed E-state index contributed by atoms with van der Waals surface area (Å²) in [7, 11) is 1.66. The van der Waals surface area contributed by atoms with Crippen LogP contribution in [0.1, 0.15) is 37.3 Å². The number of carbonyl (C=O) groups excluding carboxylic acids is 1. The van der Waals surface area contributed by atoms with E-state index < -0.39 is 0 Å². The fourth-order valence-corrected chi connectivity index (χ4v) is 4.94. The minimum absolute atomic E-state index is 0.0235. The maximum Gasteiger partial charge on any atom is 0.264 e. The van der Waals surface area contributed by atoms with E-state index in [-0.39, 0.29) is 23.3 Å². The van der Waals surface area contributed by atoms with Gasteiger partial charge in [-0.25, -0.2) is 4.98 Å². The first-order valence-corrected chi connectivity index (χ1v) is 10.7. The Morgan fingerprint density at radius 1 is 1.33 bits per heavy atom. The van der Waals surface area contributed by atoms with Gasteiger partial charge in [0.2, 0.25) is 0 Å². The van der Waals surface area contributed by atoms with E-state index in [1.165, 1.54) is 30.0 Å². The number of aliphatic hydroxyl groups excluding tert-OH is 1. The molecule has 2 aromatic rings. The average molecular weight is 424 g/mol. The molecule has 1 atom stereocenters. The maximum atomic E-state index is 13.3. The van der Waals surface area contributed by atoms with Crippen molar-refractivity contribution in [1.29, 1.82) is 0 Å². The topological polar surface area (TPSA) is 65.8 Å². The number of benzene rings is 1. The van der Waals surface area contributed by atoms with Crippen LogP contribution in [0.15, 0.2) is 47.3 Å². The molecule has 1 N–H and O–H groups in total. The third kappa shape index (κ3) is 4.72. The lowest BCUT2D eigenvalue weighted by molar-refractivity contribution is -0.122. The molecule has 1 fully saturated rings. The normalized spacial score (nSPS) is 18.8. The van der Waals surface area contributed by atoms with E-state index in [1.54, 1.807) is 30.3 Å². The first kappa shape index (κ1) is 21.5. The first-order chi connectivity index (χ1) is 13.0. The highest BCUT2D eigenvalue weighted by atomic mass is 35.5. The number of halogens is 1. The lowest BCUT2D eigenvalue weighted by atomic mass is 10.0. The maximum absolute atomic E-state index is 13.3.